The van der Waals surface area contributed by atoms with Crippen LogP contribution in [0.4, 0.5) is 20.2 Å². The minimum Gasteiger partial charge on any atom is -0.366 e. The molecule has 7 nitrogen and oxygen atoms in total. The molecule has 1 fully saturated rings. The van der Waals surface area contributed by atoms with Crippen molar-refractivity contribution in [3.8, 4) is 0 Å². The van der Waals surface area contributed by atoms with Gasteiger partial charge in [-0.3, -0.25) is 14.4 Å². The molecule has 206 valence electrons. The number of amides is 3. The van der Waals surface area contributed by atoms with Crippen LogP contribution in [0, 0.1) is 11.6 Å². The molecule has 3 amide bonds. The molecule has 1 saturated heterocycles. The Morgan fingerprint density at radius 1 is 0.925 bits per heavy atom. The van der Waals surface area contributed by atoms with Gasteiger partial charge in [-0.2, -0.15) is 0 Å². The maximum absolute atomic E-state index is 14.4. The van der Waals surface area contributed by atoms with E-state index in [0.29, 0.717) is 31.9 Å². The Balaban J connectivity index is 1.63. The number of anilines is 2. The number of hydrogen-bond donors (Lipinski definition) is 2. The van der Waals surface area contributed by atoms with Crippen molar-refractivity contribution >= 4 is 60.7 Å². The van der Waals surface area contributed by atoms with Crippen LogP contribution in [0.2, 0.25) is 0 Å². The molecule has 1 aliphatic heterocycles. The van der Waals surface area contributed by atoms with Gasteiger partial charge in [0.2, 0.25) is 11.8 Å². The molecule has 0 saturated carbocycles. The first kappa shape index (κ1) is 29.3. The summed E-state index contributed by atoms with van der Waals surface area (Å²) in [6.07, 6.45) is 0. The molecule has 0 spiro atoms. The van der Waals surface area contributed by atoms with Gasteiger partial charge in [-0.05, 0) is 35.5 Å². The number of piperazine rings is 1. The summed E-state index contributed by atoms with van der Waals surface area (Å²) in [7, 11) is 3.61. The van der Waals surface area contributed by atoms with Crippen molar-refractivity contribution in [1.29, 1.82) is 0 Å². The molecule has 1 atom stereocenters. The fraction of sp³-hybridized carbons (Fsp3) is 0.250. The average molecular weight is 609 g/mol. The van der Waals surface area contributed by atoms with Crippen LogP contribution in [0.1, 0.15) is 15.9 Å². The fourth-order valence-electron chi connectivity index (χ4n) is 4.83. The van der Waals surface area contributed by atoms with Crippen LogP contribution in [-0.2, 0) is 14.8 Å². The topological polar surface area (TPSA) is 81.8 Å². The summed E-state index contributed by atoms with van der Waals surface area (Å²) in [4.78, 5) is 42.8. The fourth-order valence-corrected chi connectivity index (χ4v) is 5.19. The lowest BCUT2D eigenvalue weighted by molar-refractivity contribution is -0.128. The molecular weight excluding hydrogens is 580 g/mol. The van der Waals surface area contributed by atoms with Crippen molar-refractivity contribution in [2.75, 3.05) is 41.7 Å². The second kappa shape index (κ2) is 12.7. The normalized spacial score (nSPS) is 14.4. The molecule has 4 rings (SSSR count). The van der Waals surface area contributed by atoms with Crippen molar-refractivity contribution in [2.24, 2.45) is 0 Å². The molecule has 12 heteroatoms. The van der Waals surface area contributed by atoms with E-state index in [2.05, 4.69) is 26.6 Å². The van der Waals surface area contributed by atoms with Gasteiger partial charge in [0.25, 0.3) is 5.91 Å². The van der Waals surface area contributed by atoms with Gasteiger partial charge in [-0.15, -0.1) is 0 Å². The molecule has 1 unspecified atom stereocenters. The van der Waals surface area contributed by atoms with E-state index in [1.807, 2.05) is 35.2 Å². The molecule has 1 heterocycles. The van der Waals surface area contributed by atoms with Crippen molar-refractivity contribution in [3.05, 3.63) is 95.6 Å². The number of alkyl halides is 1. The number of hydrogen-bond acceptors (Lipinski definition) is 4. The summed E-state index contributed by atoms with van der Waals surface area (Å²) >= 11 is 3.19. The van der Waals surface area contributed by atoms with Gasteiger partial charge in [0.05, 0.1) is 22.3 Å². The molecule has 40 heavy (non-hydrogen) atoms. The summed E-state index contributed by atoms with van der Waals surface area (Å²) in [6, 6.07) is 17.7. The number of halogens is 3. The van der Waals surface area contributed by atoms with E-state index in [1.165, 1.54) is 30.3 Å². The first-order valence-electron chi connectivity index (χ1n) is 12.9. The van der Waals surface area contributed by atoms with Crippen LogP contribution in [0.25, 0.3) is 0 Å². The highest BCUT2D eigenvalue weighted by molar-refractivity contribution is 9.09. The standard InChI is InChI=1S/C28H29B2BrF2N4O3/c29-28(30,18-6-2-1-3-7-18)25(35-26(39)20-8-4-5-9-21(20)33)27(40)34-22-16-19(32)10-11-23(22)36-12-14-37(15-13-36)24(38)17-31/h1-11,16,25H,12-15,17,29-30H2,(H,34,40)(H,35,39). The maximum Gasteiger partial charge on any atom is 0.254 e. The van der Waals surface area contributed by atoms with Gasteiger partial charge in [-0.1, -0.05) is 64.0 Å². The summed E-state index contributed by atoms with van der Waals surface area (Å²) in [5.41, 5.74) is 1.42. The molecule has 0 aromatic heterocycles. The first-order valence-corrected chi connectivity index (χ1v) is 14.0. The van der Waals surface area contributed by atoms with Crippen molar-refractivity contribution in [1.82, 2.24) is 10.2 Å². The maximum atomic E-state index is 14.4. The Morgan fingerprint density at radius 3 is 2.23 bits per heavy atom. The molecule has 0 radical (unpaired) electrons. The molecule has 3 aromatic carbocycles. The highest BCUT2D eigenvalue weighted by atomic mass is 79.9. The zero-order valence-electron chi connectivity index (χ0n) is 22.3. The monoisotopic (exact) mass is 608 g/mol. The van der Waals surface area contributed by atoms with E-state index >= 15 is 0 Å². The Labute approximate surface area is 242 Å². The third-order valence-electron chi connectivity index (χ3n) is 7.20. The van der Waals surface area contributed by atoms with Gasteiger partial charge >= 0.3 is 0 Å². The molecule has 0 aliphatic carbocycles. The lowest BCUT2D eigenvalue weighted by atomic mass is 9.47. The predicted octanol–water partition coefficient (Wildman–Crippen LogP) is 1.86. The second-order valence-electron chi connectivity index (χ2n) is 10.1. The van der Waals surface area contributed by atoms with E-state index in [4.69, 9.17) is 0 Å². The summed E-state index contributed by atoms with van der Waals surface area (Å²) in [6.45, 7) is 1.96. The van der Waals surface area contributed by atoms with E-state index in [0.717, 1.165) is 5.56 Å². The lowest BCUT2D eigenvalue weighted by Crippen LogP contribution is -2.58. The Morgan fingerprint density at radius 2 is 1.57 bits per heavy atom. The van der Waals surface area contributed by atoms with Crippen molar-refractivity contribution < 1.29 is 23.2 Å². The van der Waals surface area contributed by atoms with Crippen LogP contribution < -0.4 is 15.5 Å². The number of nitrogens with zero attached hydrogens (tertiary/aromatic N) is 2. The quantitative estimate of drug-likeness (QED) is 0.302. The largest absolute Gasteiger partial charge is 0.366 e. The third-order valence-corrected chi connectivity index (χ3v) is 7.68. The Kier molecular flexibility index (Phi) is 9.29. The average Bonchev–Trinajstić information content (AvgIpc) is 2.96. The molecule has 1 aliphatic rings. The number of rotatable bonds is 8. The highest BCUT2D eigenvalue weighted by Gasteiger charge is 2.38. The SMILES string of the molecule is BC(B)(c1ccccc1)C(NC(=O)c1ccccc1F)C(=O)Nc1cc(F)ccc1N1CCN(C(=O)CBr)CC1. The second-order valence-corrected chi connectivity index (χ2v) is 10.7. The molecule has 3 aromatic rings. The minimum absolute atomic E-state index is 0.0103. The van der Waals surface area contributed by atoms with Gasteiger partial charge in [0.15, 0.2) is 0 Å². The van der Waals surface area contributed by atoms with Crippen LogP contribution in [0.3, 0.4) is 0 Å². The number of carbonyl (C=O) groups is 3. The number of benzene rings is 3. The lowest BCUT2D eigenvalue weighted by Gasteiger charge is -2.37. The number of carbonyl (C=O) groups excluding carboxylic acids is 3. The van der Waals surface area contributed by atoms with Crippen LogP contribution in [-0.4, -0.2) is 75.9 Å². The van der Waals surface area contributed by atoms with E-state index in [1.54, 1.807) is 32.7 Å². The number of nitrogens with one attached hydrogen (secondary N) is 2. The predicted molar refractivity (Wildman–Crippen MR) is 160 cm³/mol. The molecule has 0 bridgehead atoms. The van der Waals surface area contributed by atoms with Crippen molar-refractivity contribution in [2.45, 2.75) is 11.3 Å². The van der Waals surface area contributed by atoms with Gasteiger partial charge in [0.1, 0.15) is 33.4 Å². The van der Waals surface area contributed by atoms with Crippen LogP contribution >= 0.6 is 15.9 Å². The van der Waals surface area contributed by atoms with Crippen LogP contribution in [0.15, 0.2) is 72.8 Å². The van der Waals surface area contributed by atoms with Crippen molar-refractivity contribution in [3.63, 3.8) is 0 Å². The van der Waals surface area contributed by atoms with Gasteiger partial charge in [-0.25, -0.2) is 8.78 Å². The van der Waals surface area contributed by atoms with Crippen LogP contribution in [0.5, 0.6) is 0 Å². The van der Waals surface area contributed by atoms with Gasteiger partial charge < -0.3 is 20.4 Å². The summed E-state index contributed by atoms with van der Waals surface area (Å²) < 4.78 is 28.8. The zero-order chi connectivity index (χ0) is 28.9. The third kappa shape index (κ3) is 6.55. The smallest absolute Gasteiger partial charge is 0.254 e. The highest BCUT2D eigenvalue weighted by Crippen LogP contribution is 2.30. The van der Waals surface area contributed by atoms with Gasteiger partial charge in [0, 0.05) is 26.2 Å². The van der Waals surface area contributed by atoms with E-state index in [-0.39, 0.29) is 22.5 Å². The first-order chi connectivity index (χ1) is 19.1. The minimum atomic E-state index is -1.15. The Bertz CT molecular complexity index is 1390. The van der Waals surface area contributed by atoms with E-state index < -0.39 is 34.7 Å². The molecule has 2 N–H and O–H groups in total. The van der Waals surface area contributed by atoms with E-state index in [9.17, 15) is 23.2 Å². The zero-order valence-corrected chi connectivity index (χ0v) is 23.9. The summed E-state index contributed by atoms with van der Waals surface area (Å²) in [5, 5.41) is 4.86. The molecular formula is C28H29B2BrF2N4O3. The summed E-state index contributed by atoms with van der Waals surface area (Å²) in [5.74, 6) is -2.58. The Hall–Kier alpha value is -3.66.